The molecule has 1 aromatic carbocycles. The minimum Gasteiger partial charge on any atom is -0.383 e. The van der Waals surface area contributed by atoms with Crippen molar-refractivity contribution in [1.82, 2.24) is 14.8 Å². The molecule has 0 aliphatic rings. The number of aromatic nitrogens is 3. The molecule has 106 valence electrons. The lowest BCUT2D eigenvalue weighted by Gasteiger charge is -2.29. The van der Waals surface area contributed by atoms with Crippen LogP contribution in [0.3, 0.4) is 0 Å². The van der Waals surface area contributed by atoms with Crippen LogP contribution in [0.4, 0.5) is 0 Å². The highest BCUT2D eigenvalue weighted by Crippen LogP contribution is 2.34. The van der Waals surface area contributed by atoms with Crippen molar-refractivity contribution in [2.24, 2.45) is 0 Å². The highest BCUT2D eigenvalue weighted by Gasteiger charge is 2.32. The molecular weight excluding hydrogens is 301 g/mol. The van der Waals surface area contributed by atoms with Gasteiger partial charge >= 0.3 is 0 Å². The number of halogens is 2. The fourth-order valence-corrected chi connectivity index (χ4v) is 2.63. The first-order valence-electron chi connectivity index (χ1n) is 5.99. The van der Waals surface area contributed by atoms with Crippen LogP contribution in [0.15, 0.2) is 30.9 Å². The summed E-state index contributed by atoms with van der Waals surface area (Å²) < 4.78 is 1.50. The second kappa shape index (κ2) is 6.35. The van der Waals surface area contributed by atoms with Crippen LogP contribution in [-0.2, 0) is 16.9 Å². The van der Waals surface area contributed by atoms with Gasteiger partial charge in [0, 0.05) is 22.0 Å². The molecule has 2 rings (SSSR count). The maximum atomic E-state index is 10.9. The van der Waals surface area contributed by atoms with E-state index in [0.29, 0.717) is 15.6 Å². The van der Waals surface area contributed by atoms with Crippen LogP contribution in [0.2, 0.25) is 10.0 Å². The summed E-state index contributed by atoms with van der Waals surface area (Å²) in [6, 6.07) is 4.87. The van der Waals surface area contributed by atoms with E-state index < -0.39 is 5.60 Å². The number of hydrogen-bond acceptors (Lipinski definition) is 4. The maximum Gasteiger partial charge on any atom is 0.137 e. The standard InChI is InChI=1S/C13H13Cl2N3O2/c14-10-2-3-11(12(15)6-10)13(20,4-1-5-19)7-18-9-16-8-17-18/h2-3,5-6,8-9,20H,1,4,7H2. The van der Waals surface area contributed by atoms with Crippen LogP contribution in [0, 0.1) is 0 Å². The quantitative estimate of drug-likeness (QED) is 0.832. The molecule has 0 saturated heterocycles. The normalized spacial score (nSPS) is 13.9. The zero-order valence-electron chi connectivity index (χ0n) is 10.5. The average molecular weight is 314 g/mol. The van der Waals surface area contributed by atoms with Gasteiger partial charge in [-0.25, -0.2) is 9.67 Å². The maximum absolute atomic E-state index is 10.9. The summed E-state index contributed by atoms with van der Waals surface area (Å²) in [4.78, 5) is 14.5. The van der Waals surface area contributed by atoms with E-state index in [2.05, 4.69) is 10.1 Å². The van der Waals surface area contributed by atoms with Gasteiger partial charge in [-0.3, -0.25) is 0 Å². The second-order valence-corrected chi connectivity index (χ2v) is 5.30. The van der Waals surface area contributed by atoms with Gasteiger partial charge in [-0.2, -0.15) is 5.10 Å². The van der Waals surface area contributed by atoms with E-state index in [1.54, 1.807) is 18.2 Å². The number of aliphatic hydroxyl groups is 1. The zero-order chi connectivity index (χ0) is 14.6. The summed E-state index contributed by atoms with van der Waals surface area (Å²) in [5.74, 6) is 0. The number of benzene rings is 1. The number of nitrogens with zero attached hydrogens (tertiary/aromatic N) is 3. The van der Waals surface area contributed by atoms with Gasteiger partial charge in [-0.05, 0) is 18.6 Å². The van der Waals surface area contributed by atoms with E-state index in [1.165, 1.54) is 17.3 Å². The van der Waals surface area contributed by atoms with Crippen molar-refractivity contribution >= 4 is 29.5 Å². The van der Waals surface area contributed by atoms with Crippen molar-refractivity contribution in [1.29, 1.82) is 0 Å². The van der Waals surface area contributed by atoms with Gasteiger partial charge in [0.2, 0.25) is 0 Å². The molecule has 0 amide bonds. The fraction of sp³-hybridized carbons (Fsp3) is 0.308. The Balaban J connectivity index is 2.36. The lowest BCUT2D eigenvalue weighted by atomic mass is 9.89. The molecule has 2 aromatic rings. The lowest BCUT2D eigenvalue weighted by molar-refractivity contribution is -0.109. The Morgan fingerprint density at radius 2 is 2.20 bits per heavy atom. The predicted octanol–water partition coefficient (Wildman–Crippen LogP) is 2.45. The van der Waals surface area contributed by atoms with E-state index in [9.17, 15) is 9.90 Å². The fourth-order valence-electron chi connectivity index (χ4n) is 2.05. The molecular formula is C13H13Cl2N3O2. The Hall–Kier alpha value is -1.43. The van der Waals surface area contributed by atoms with Gasteiger partial charge in [-0.1, -0.05) is 29.3 Å². The number of carbonyl (C=O) groups excluding carboxylic acids is 1. The van der Waals surface area contributed by atoms with E-state index in [4.69, 9.17) is 23.2 Å². The van der Waals surface area contributed by atoms with Gasteiger partial charge < -0.3 is 9.90 Å². The summed E-state index contributed by atoms with van der Waals surface area (Å²) in [6.45, 7) is 0.155. The molecule has 0 saturated carbocycles. The molecule has 1 atom stereocenters. The monoisotopic (exact) mass is 313 g/mol. The van der Waals surface area contributed by atoms with Crippen molar-refractivity contribution in [3.63, 3.8) is 0 Å². The Kier molecular flexibility index (Phi) is 4.75. The third-order valence-corrected chi connectivity index (χ3v) is 3.55. The van der Waals surface area contributed by atoms with E-state index >= 15 is 0 Å². The van der Waals surface area contributed by atoms with Crippen LogP contribution in [0.5, 0.6) is 0 Å². The number of rotatable bonds is 6. The zero-order valence-corrected chi connectivity index (χ0v) is 12.1. The van der Waals surface area contributed by atoms with Crippen molar-refractivity contribution in [2.45, 2.75) is 25.0 Å². The predicted molar refractivity (Wildman–Crippen MR) is 75.7 cm³/mol. The molecule has 0 aliphatic heterocycles. The molecule has 0 aliphatic carbocycles. The van der Waals surface area contributed by atoms with Gasteiger partial charge in [0.25, 0.3) is 0 Å². The summed E-state index contributed by atoms with van der Waals surface area (Å²) in [5, 5.41) is 15.7. The van der Waals surface area contributed by atoms with E-state index in [0.717, 1.165) is 6.29 Å². The minimum absolute atomic E-state index is 0.155. The molecule has 0 radical (unpaired) electrons. The van der Waals surface area contributed by atoms with Crippen LogP contribution in [-0.4, -0.2) is 26.2 Å². The Labute approximate surface area is 126 Å². The average Bonchev–Trinajstić information content (AvgIpc) is 2.88. The van der Waals surface area contributed by atoms with Crippen molar-refractivity contribution < 1.29 is 9.90 Å². The third kappa shape index (κ3) is 3.36. The molecule has 1 aromatic heterocycles. The van der Waals surface area contributed by atoms with Crippen LogP contribution in [0.25, 0.3) is 0 Å². The third-order valence-electron chi connectivity index (χ3n) is 3.00. The van der Waals surface area contributed by atoms with Crippen molar-refractivity contribution in [2.75, 3.05) is 0 Å². The topological polar surface area (TPSA) is 68.0 Å². The molecule has 5 nitrogen and oxygen atoms in total. The van der Waals surface area contributed by atoms with Crippen LogP contribution >= 0.6 is 23.2 Å². The Morgan fingerprint density at radius 3 is 2.80 bits per heavy atom. The minimum atomic E-state index is -1.31. The summed E-state index contributed by atoms with van der Waals surface area (Å²) in [7, 11) is 0. The van der Waals surface area contributed by atoms with Crippen LogP contribution in [0.1, 0.15) is 18.4 Å². The summed E-state index contributed by atoms with van der Waals surface area (Å²) in [5.41, 5.74) is -0.795. The van der Waals surface area contributed by atoms with Crippen molar-refractivity contribution in [3.05, 3.63) is 46.5 Å². The molecule has 1 N–H and O–H groups in total. The van der Waals surface area contributed by atoms with Crippen molar-refractivity contribution in [3.8, 4) is 0 Å². The molecule has 0 fully saturated rings. The second-order valence-electron chi connectivity index (χ2n) is 4.45. The molecule has 1 unspecified atom stereocenters. The SMILES string of the molecule is O=CCCC(O)(Cn1cncn1)c1ccc(Cl)cc1Cl. The number of hydrogen-bond donors (Lipinski definition) is 1. The Bertz CT molecular complexity index is 589. The van der Waals surface area contributed by atoms with Gasteiger partial charge in [0.05, 0.1) is 6.54 Å². The largest absolute Gasteiger partial charge is 0.383 e. The summed E-state index contributed by atoms with van der Waals surface area (Å²) in [6.07, 6.45) is 4.08. The highest BCUT2D eigenvalue weighted by atomic mass is 35.5. The first kappa shape index (κ1) is 15.0. The van der Waals surface area contributed by atoms with Crippen LogP contribution < -0.4 is 0 Å². The van der Waals surface area contributed by atoms with E-state index in [1.807, 2.05) is 0 Å². The van der Waals surface area contributed by atoms with E-state index in [-0.39, 0.29) is 19.4 Å². The Morgan fingerprint density at radius 1 is 1.40 bits per heavy atom. The summed E-state index contributed by atoms with van der Waals surface area (Å²) >= 11 is 12.0. The molecule has 1 heterocycles. The first-order valence-corrected chi connectivity index (χ1v) is 6.75. The van der Waals surface area contributed by atoms with Gasteiger partial charge in [-0.15, -0.1) is 0 Å². The molecule has 20 heavy (non-hydrogen) atoms. The van der Waals surface area contributed by atoms with Gasteiger partial charge in [0.15, 0.2) is 0 Å². The highest BCUT2D eigenvalue weighted by molar-refractivity contribution is 6.35. The molecule has 0 spiro atoms. The smallest absolute Gasteiger partial charge is 0.137 e. The van der Waals surface area contributed by atoms with Gasteiger partial charge in [0.1, 0.15) is 24.5 Å². The lowest BCUT2D eigenvalue weighted by Crippen LogP contribution is -2.32. The number of aldehydes is 1. The molecule has 7 heteroatoms. The molecule has 0 bridgehead atoms. The first-order chi connectivity index (χ1) is 9.55. The number of carbonyl (C=O) groups is 1.